The van der Waals surface area contributed by atoms with Gasteiger partial charge in [-0.3, -0.25) is 0 Å². The van der Waals surface area contributed by atoms with Crippen LogP contribution in [-0.2, 0) is 0 Å². The fourth-order valence-electron chi connectivity index (χ4n) is 3.41. The second-order valence-electron chi connectivity index (χ2n) is 6.80. The van der Waals surface area contributed by atoms with Crippen LogP contribution in [0.15, 0.2) is 0 Å². The van der Waals surface area contributed by atoms with Crippen LogP contribution in [0, 0.1) is 16.7 Å². The SMILES string of the molecule is CC1(CNCC2(C3CC3)CC2)CCNCC1. The van der Waals surface area contributed by atoms with Gasteiger partial charge in [-0.25, -0.2) is 0 Å². The Kier molecular flexibility index (Phi) is 2.75. The molecule has 92 valence electrons. The normalized spacial score (nSPS) is 31.3. The Hall–Kier alpha value is -0.0800. The van der Waals surface area contributed by atoms with E-state index in [1.807, 2.05) is 0 Å². The van der Waals surface area contributed by atoms with Gasteiger partial charge >= 0.3 is 0 Å². The van der Waals surface area contributed by atoms with E-state index in [4.69, 9.17) is 0 Å². The summed E-state index contributed by atoms with van der Waals surface area (Å²) in [6.45, 7) is 7.43. The summed E-state index contributed by atoms with van der Waals surface area (Å²) in [6, 6.07) is 0. The molecule has 0 spiro atoms. The highest BCUT2D eigenvalue weighted by molar-refractivity contribution is 5.05. The van der Waals surface area contributed by atoms with Crippen LogP contribution < -0.4 is 10.6 Å². The second kappa shape index (κ2) is 3.99. The van der Waals surface area contributed by atoms with Crippen LogP contribution in [0.25, 0.3) is 0 Å². The third-order valence-electron chi connectivity index (χ3n) is 5.18. The first kappa shape index (κ1) is 11.0. The lowest BCUT2D eigenvalue weighted by Gasteiger charge is -2.35. The molecule has 0 aromatic carbocycles. The van der Waals surface area contributed by atoms with E-state index in [1.54, 1.807) is 0 Å². The zero-order valence-corrected chi connectivity index (χ0v) is 10.6. The van der Waals surface area contributed by atoms with Crippen LogP contribution in [0.5, 0.6) is 0 Å². The average molecular weight is 222 g/mol. The van der Waals surface area contributed by atoms with Crippen LogP contribution in [0.4, 0.5) is 0 Å². The molecule has 3 fully saturated rings. The van der Waals surface area contributed by atoms with Gasteiger partial charge in [-0.2, -0.15) is 0 Å². The maximum Gasteiger partial charge on any atom is 0.00107 e. The van der Waals surface area contributed by atoms with Gasteiger partial charge in [0.2, 0.25) is 0 Å². The lowest BCUT2D eigenvalue weighted by atomic mass is 9.81. The molecule has 2 saturated carbocycles. The highest BCUT2D eigenvalue weighted by Crippen LogP contribution is 2.60. The van der Waals surface area contributed by atoms with Gasteiger partial charge in [-0.05, 0) is 68.4 Å². The van der Waals surface area contributed by atoms with Crippen LogP contribution >= 0.6 is 0 Å². The van der Waals surface area contributed by atoms with E-state index in [2.05, 4.69) is 17.6 Å². The number of piperidine rings is 1. The Morgan fingerprint density at radius 3 is 2.31 bits per heavy atom. The molecule has 0 aromatic heterocycles. The topological polar surface area (TPSA) is 24.1 Å². The molecule has 0 atom stereocenters. The first-order valence-corrected chi connectivity index (χ1v) is 7.14. The lowest BCUT2D eigenvalue weighted by molar-refractivity contribution is 0.213. The summed E-state index contributed by atoms with van der Waals surface area (Å²) >= 11 is 0. The van der Waals surface area contributed by atoms with Crippen molar-refractivity contribution in [3.8, 4) is 0 Å². The summed E-state index contributed by atoms with van der Waals surface area (Å²) in [5, 5.41) is 7.25. The number of hydrogen-bond acceptors (Lipinski definition) is 2. The lowest BCUT2D eigenvalue weighted by Crippen LogP contribution is -2.42. The average Bonchev–Trinajstić information content (AvgIpc) is 3.13. The summed E-state index contributed by atoms with van der Waals surface area (Å²) in [5.74, 6) is 1.10. The van der Waals surface area contributed by atoms with E-state index >= 15 is 0 Å². The molecule has 2 N–H and O–H groups in total. The predicted octanol–water partition coefficient (Wildman–Crippen LogP) is 2.16. The third kappa shape index (κ3) is 2.28. The van der Waals surface area contributed by atoms with Crippen molar-refractivity contribution >= 4 is 0 Å². The van der Waals surface area contributed by atoms with Crippen molar-refractivity contribution in [2.45, 2.75) is 45.4 Å². The summed E-state index contributed by atoms with van der Waals surface area (Å²) in [4.78, 5) is 0. The van der Waals surface area contributed by atoms with Crippen molar-refractivity contribution in [1.82, 2.24) is 10.6 Å². The Morgan fingerprint density at radius 2 is 1.75 bits per heavy atom. The molecule has 0 unspecified atom stereocenters. The monoisotopic (exact) mass is 222 g/mol. The molecule has 2 aliphatic carbocycles. The van der Waals surface area contributed by atoms with Gasteiger partial charge < -0.3 is 10.6 Å². The molecule has 2 heteroatoms. The molecule has 1 heterocycles. The Morgan fingerprint density at radius 1 is 1.06 bits per heavy atom. The first-order chi connectivity index (χ1) is 7.73. The summed E-state index contributed by atoms with van der Waals surface area (Å²) < 4.78 is 0. The van der Waals surface area contributed by atoms with E-state index in [9.17, 15) is 0 Å². The summed E-state index contributed by atoms with van der Waals surface area (Å²) in [6.07, 6.45) is 8.73. The van der Waals surface area contributed by atoms with Gasteiger partial charge in [-0.15, -0.1) is 0 Å². The highest BCUT2D eigenvalue weighted by Gasteiger charge is 2.53. The molecule has 1 saturated heterocycles. The molecule has 0 aromatic rings. The van der Waals surface area contributed by atoms with Crippen molar-refractivity contribution in [2.24, 2.45) is 16.7 Å². The maximum absolute atomic E-state index is 3.79. The number of rotatable bonds is 5. The minimum absolute atomic E-state index is 0.560. The van der Waals surface area contributed by atoms with E-state index < -0.39 is 0 Å². The van der Waals surface area contributed by atoms with Gasteiger partial charge in [0.1, 0.15) is 0 Å². The quantitative estimate of drug-likeness (QED) is 0.745. The molecule has 0 radical (unpaired) electrons. The summed E-state index contributed by atoms with van der Waals surface area (Å²) in [5.41, 5.74) is 1.33. The molecule has 2 nitrogen and oxygen atoms in total. The van der Waals surface area contributed by atoms with Crippen LogP contribution in [0.2, 0.25) is 0 Å². The Balaban J connectivity index is 1.42. The number of nitrogens with one attached hydrogen (secondary N) is 2. The van der Waals surface area contributed by atoms with E-state index in [0.717, 1.165) is 11.3 Å². The molecular weight excluding hydrogens is 196 g/mol. The molecule has 0 bridgehead atoms. The molecule has 1 aliphatic heterocycles. The van der Waals surface area contributed by atoms with Crippen LogP contribution in [0.3, 0.4) is 0 Å². The van der Waals surface area contributed by atoms with Crippen LogP contribution in [-0.4, -0.2) is 26.2 Å². The fraction of sp³-hybridized carbons (Fsp3) is 1.00. The largest absolute Gasteiger partial charge is 0.317 e. The van der Waals surface area contributed by atoms with E-state index in [1.165, 1.54) is 64.7 Å². The smallest absolute Gasteiger partial charge is 0.00107 e. The molecule has 3 rings (SSSR count). The van der Waals surface area contributed by atoms with Crippen molar-refractivity contribution in [3.05, 3.63) is 0 Å². The van der Waals surface area contributed by atoms with Gasteiger partial charge in [0.25, 0.3) is 0 Å². The van der Waals surface area contributed by atoms with Gasteiger partial charge in [0, 0.05) is 13.1 Å². The van der Waals surface area contributed by atoms with E-state index in [-0.39, 0.29) is 0 Å². The Labute approximate surface area is 99.6 Å². The molecule has 16 heavy (non-hydrogen) atoms. The molecular formula is C14H26N2. The maximum atomic E-state index is 3.79. The van der Waals surface area contributed by atoms with E-state index in [0.29, 0.717) is 5.41 Å². The van der Waals surface area contributed by atoms with Crippen molar-refractivity contribution < 1.29 is 0 Å². The van der Waals surface area contributed by atoms with Crippen molar-refractivity contribution in [3.63, 3.8) is 0 Å². The zero-order chi connectivity index (χ0) is 11.1. The summed E-state index contributed by atoms with van der Waals surface area (Å²) in [7, 11) is 0. The van der Waals surface area contributed by atoms with Gasteiger partial charge in [0.15, 0.2) is 0 Å². The fourth-order valence-corrected chi connectivity index (χ4v) is 3.41. The Bertz CT molecular complexity index is 247. The zero-order valence-electron chi connectivity index (χ0n) is 10.6. The van der Waals surface area contributed by atoms with Crippen molar-refractivity contribution in [1.29, 1.82) is 0 Å². The van der Waals surface area contributed by atoms with Crippen LogP contribution in [0.1, 0.15) is 45.4 Å². The highest BCUT2D eigenvalue weighted by atomic mass is 14.9. The van der Waals surface area contributed by atoms with Gasteiger partial charge in [-0.1, -0.05) is 6.92 Å². The number of hydrogen-bond donors (Lipinski definition) is 2. The minimum Gasteiger partial charge on any atom is -0.317 e. The molecule has 0 amide bonds. The second-order valence-corrected chi connectivity index (χ2v) is 6.80. The van der Waals surface area contributed by atoms with Gasteiger partial charge in [0.05, 0.1) is 0 Å². The molecule has 3 aliphatic rings. The third-order valence-corrected chi connectivity index (χ3v) is 5.18. The predicted molar refractivity (Wildman–Crippen MR) is 67.5 cm³/mol. The minimum atomic E-state index is 0.560. The first-order valence-electron chi connectivity index (χ1n) is 7.14. The van der Waals surface area contributed by atoms with Crippen molar-refractivity contribution in [2.75, 3.05) is 26.2 Å². The standard InChI is InChI=1S/C14H26N2/c1-13(6-8-15-9-7-13)10-16-11-14(4-5-14)12-2-3-12/h12,15-16H,2-11H2,1H3.